The summed E-state index contributed by atoms with van der Waals surface area (Å²) in [6.45, 7) is 2.57. The second-order valence-electron chi connectivity index (χ2n) is 6.00. The van der Waals surface area contributed by atoms with Gasteiger partial charge in [-0.25, -0.2) is 0 Å². The van der Waals surface area contributed by atoms with Gasteiger partial charge in [-0.3, -0.25) is 4.79 Å². The van der Waals surface area contributed by atoms with Gasteiger partial charge in [0.15, 0.2) is 0 Å². The third kappa shape index (κ3) is 6.74. The van der Waals surface area contributed by atoms with E-state index in [4.69, 9.17) is 9.84 Å². The van der Waals surface area contributed by atoms with Crippen molar-refractivity contribution in [2.24, 2.45) is 5.92 Å². The number of para-hydroxylation sites is 1. The smallest absolute Gasteiger partial charge is 0.419 e. The summed E-state index contributed by atoms with van der Waals surface area (Å²) in [6.07, 6.45) is -1.63. The lowest BCUT2D eigenvalue weighted by Crippen LogP contribution is -2.36. The molecule has 1 saturated heterocycles. The number of aliphatic carboxylic acids is 1. The Hall–Kier alpha value is -1.47. The minimum Gasteiger partial charge on any atom is -0.493 e. The van der Waals surface area contributed by atoms with Crippen LogP contribution in [0.3, 0.4) is 0 Å². The number of carboxylic acid groups (broad SMARTS) is 1. The summed E-state index contributed by atoms with van der Waals surface area (Å²) in [4.78, 5) is 13.1. The largest absolute Gasteiger partial charge is 0.493 e. The van der Waals surface area contributed by atoms with Crippen molar-refractivity contribution >= 4 is 18.4 Å². The highest BCUT2D eigenvalue weighted by Crippen LogP contribution is 2.35. The van der Waals surface area contributed by atoms with Gasteiger partial charge >= 0.3 is 12.1 Å². The lowest BCUT2D eigenvalue weighted by molar-refractivity contribution is -0.143. The van der Waals surface area contributed by atoms with Gasteiger partial charge in [-0.2, -0.15) is 13.2 Å². The fourth-order valence-electron chi connectivity index (χ4n) is 2.85. The van der Waals surface area contributed by atoms with E-state index in [9.17, 15) is 18.0 Å². The van der Waals surface area contributed by atoms with E-state index in [2.05, 4.69) is 4.90 Å². The number of alkyl halides is 3. The van der Waals surface area contributed by atoms with Gasteiger partial charge in [0.25, 0.3) is 0 Å². The van der Waals surface area contributed by atoms with Gasteiger partial charge in [0.05, 0.1) is 18.1 Å². The van der Waals surface area contributed by atoms with Gasteiger partial charge in [0.1, 0.15) is 5.75 Å². The van der Waals surface area contributed by atoms with Gasteiger partial charge in [-0.1, -0.05) is 12.1 Å². The number of carboxylic acids is 1. The summed E-state index contributed by atoms with van der Waals surface area (Å²) in [7, 11) is 0. The molecule has 0 aromatic heterocycles. The molecule has 0 spiro atoms. The van der Waals surface area contributed by atoms with Gasteiger partial charge in [-0.15, -0.1) is 12.4 Å². The van der Waals surface area contributed by atoms with E-state index in [1.807, 2.05) is 0 Å². The number of rotatable bonds is 7. The average Bonchev–Trinajstić information content (AvgIpc) is 2.54. The topological polar surface area (TPSA) is 49.8 Å². The first-order valence-corrected chi connectivity index (χ1v) is 8.12. The predicted molar refractivity (Wildman–Crippen MR) is 90.2 cm³/mol. The molecule has 0 bridgehead atoms. The van der Waals surface area contributed by atoms with Crippen LogP contribution in [0.5, 0.6) is 5.75 Å². The molecule has 1 aromatic rings. The zero-order valence-electron chi connectivity index (χ0n) is 13.8. The first-order chi connectivity index (χ1) is 11.4. The Morgan fingerprint density at radius 3 is 2.44 bits per heavy atom. The minimum atomic E-state index is -4.41. The fraction of sp³-hybridized carbons (Fsp3) is 0.588. The molecule has 0 saturated carbocycles. The molecule has 25 heavy (non-hydrogen) atoms. The summed E-state index contributed by atoms with van der Waals surface area (Å²) in [5.41, 5.74) is -0.749. The summed E-state index contributed by atoms with van der Waals surface area (Å²) in [6, 6.07) is 5.22. The van der Waals surface area contributed by atoms with E-state index in [0.29, 0.717) is 19.3 Å². The molecule has 1 fully saturated rings. The molecular weight excluding hydrogens is 359 g/mol. The summed E-state index contributed by atoms with van der Waals surface area (Å²) in [5, 5.41) is 8.94. The number of ether oxygens (including phenoxy) is 1. The van der Waals surface area contributed by atoms with Crippen molar-refractivity contribution in [3.63, 3.8) is 0 Å². The van der Waals surface area contributed by atoms with Gasteiger partial charge in [-0.05, 0) is 57.5 Å². The second kappa shape index (κ2) is 9.87. The van der Waals surface area contributed by atoms with Crippen LogP contribution in [0, 0.1) is 5.92 Å². The van der Waals surface area contributed by atoms with Crippen LogP contribution in [0.2, 0.25) is 0 Å². The maximum Gasteiger partial charge on any atom is 0.419 e. The Morgan fingerprint density at radius 2 is 1.84 bits per heavy atom. The summed E-state index contributed by atoms with van der Waals surface area (Å²) >= 11 is 0. The summed E-state index contributed by atoms with van der Waals surface area (Å²) in [5.74, 6) is -1.11. The lowest BCUT2D eigenvalue weighted by atomic mass is 9.97. The fourth-order valence-corrected chi connectivity index (χ4v) is 2.85. The number of hydrogen-bond donors (Lipinski definition) is 1. The van der Waals surface area contributed by atoms with E-state index in [-0.39, 0.29) is 30.7 Å². The second-order valence-corrected chi connectivity index (χ2v) is 6.00. The molecule has 0 aliphatic carbocycles. The maximum atomic E-state index is 12.8. The zero-order valence-corrected chi connectivity index (χ0v) is 14.6. The van der Waals surface area contributed by atoms with Crippen molar-refractivity contribution in [3.05, 3.63) is 29.8 Å². The van der Waals surface area contributed by atoms with E-state index in [1.165, 1.54) is 18.2 Å². The van der Waals surface area contributed by atoms with Crippen molar-refractivity contribution < 1.29 is 27.8 Å². The first-order valence-electron chi connectivity index (χ1n) is 8.12. The molecule has 0 unspecified atom stereocenters. The molecule has 2 rings (SSSR count). The third-order valence-electron chi connectivity index (χ3n) is 4.26. The predicted octanol–water partition coefficient (Wildman–Crippen LogP) is 4.08. The maximum absolute atomic E-state index is 12.8. The van der Waals surface area contributed by atoms with Gasteiger partial charge in [0.2, 0.25) is 0 Å². The quantitative estimate of drug-likeness (QED) is 0.723. The van der Waals surface area contributed by atoms with Crippen molar-refractivity contribution in [1.82, 2.24) is 4.90 Å². The third-order valence-corrected chi connectivity index (χ3v) is 4.26. The van der Waals surface area contributed by atoms with E-state index in [1.54, 1.807) is 0 Å². The molecule has 8 heteroatoms. The Balaban J connectivity index is 0.00000312. The van der Waals surface area contributed by atoms with Crippen molar-refractivity contribution in [1.29, 1.82) is 0 Å². The Kier molecular flexibility index (Phi) is 8.52. The number of nitrogens with zero attached hydrogens (tertiary/aromatic N) is 1. The molecule has 1 N–H and O–H groups in total. The SMILES string of the molecule is Cl.O=C(O)C1CCN(CCCCOc2ccccc2C(F)(F)F)CC1. The number of hydrogen-bond acceptors (Lipinski definition) is 3. The molecule has 1 aliphatic heterocycles. The zero-order chi connectivity index (χ0) is 17.6. The van der Waals surface area contributed by atoms with Crippen LogP contribution in [-0.4, -0.2) is 42.2 Å². The molecule has 0 radical (unpaired) electrons. The Morgan fingerprint density at radius 1 is 1.20 bits per heavy atom. The number of piperidine rings is 1. The highest BCUT2D eigenvalue weighted by atomic mass is 35.5. The number of unbranched alkanes of at least 4 members (excludes halogenated alkanes) is 1. The Labute approximate surface area is 151 Å². The van der Waals surface area contributed by atoms with Crippen molar-refractivity contribution in [2.45, 2.75) is 31.9 Å². The normalized spacial score (nSPS) is 16.3. The molecule has 0 amide bonds. The van der Waals surface area contributed by atoms with Crippen LogP contribution >= 0.6 is 12.4 Å². The first kappa shape index (κ1) is 21.6. The van der Waals surface area contributed by atoms with E-state index in [0.717, 1.165) is 32.1 Å². The van der Waals surface area contributed by atoms with Crippen molar-refractivity contribution in [3.8, 4) is 5.75 Å². The van der Waals surface area contributed by atoms with Gasteiger partial charge in [0, 0.05) is 0 Å². The number of likely N-dealkylation sites (tertiary alicyclic amines) is 1. The van der Waals surface area contributed by atoms with E-state index >= 15 is 0 Å². The average molecular weight is 382 g/mol. The van der Waals surface area contributed by atoms with Crippen LogP contribution < -0.4 is 4.74 Å². The standard InChI is InChI=1S/C17H22F3NO3.ClH/c18-17(19,20)14-5-1-2-6-15(14)24-12-4-3-9-21-10-7-13(8-11-21)16(22)23;/h1-2,5-6,13H,3-4,7-12H2,(H,22,23);1H. The highest BCUT2D eigenvalue weighted by Gasteiger charge is 2.33. The molecule has 4 nitrogen and oxygen atoms in total. The van der Waals surface area contributed by atoms with Crippen LogP contribution in [0.4, 0.5) is 13.2 Å². The van der Waals surface area contributed by atoms with Crippen LogP contribution in [0.25, 0.3) is 0 Å². The summed E-state index contributed by atoms with van der Waals surface area (Å²) < 4.78 is 43.8. The molecule has 142 valence electrons. The van der Waals surface area contributed by atoms with Crippen LogP contribution in [-0.2, 0) is 11.0 Å². The number of benzene rings is 1. The molecular formula is C17H23ClF3NO3. The molecule has 1 aromatic carbocycles. The van der Waals surface area contributed by atoms with Crippen LogP contribution in [0.1, 0.15) is 31.2 Å². The van der Waals surface area contributed by atoms with Crippen molar-refractivity contribution in [2.75, 3.05) is 26.2 Å². The minimum absolute atomic E-state index is 0. The molecule has 0 atom stereocenters. The lowest BCUT2D eigenvalue weighted by Gasteiger charge is -2.29. The van der Waals surface area contributed by atoms with Gasteiger partial charge < -0.3 is 14.7 Å². The highest BCUT2D eigenvalue weighted by molar-refractivity contribution is 5.85. The monoisotopic (exact) mass is 381 g/mol. The molecule has 1 heterocycles. The Bertz CT molecular complexity index is 546. The number of halogens is 4. The molecule has 1 aliphatic rings. The van der Waals surface area contributed by atoms with E-state index < -0.39 is 17.7 Å². The van der Waals surface area contributed by atoms with Crippen LogP contribution in [0.15, 0.2) is 24.3 Å². The number of carbonyl (C=O) groups is 1.